The highest BCUT2D eigenvalue weighted by Gasteiger charge is 2.49. The number of hydrogen-bond donors (Lipinski definition) is 2. The van der Waals surface area contributed by atoms with Crippen molar-refractivity contribution in [1.82, 2.24) is 10.6 Å². The van der Waals surface area contributed by atoms with Crippen molar-refractivity contribution < 1.29 is 14.3 Å². The first-order chi connectivity index (χ1) is 12.7. The molecule has 2 N–H and O–H groups in total. The Morgan fingerprint density at radius 1 is 1.15 bits per heavy atom. The van der Waals surface area contributed by atoms with Gasteiger partial charge in [-0.25, -0.2) is 4.79 Å². The third-order valence-electron chi connectivity index (χ3n) is 6.33. The van der Waals surface area contributed by atoms with Crippen molar-refractivity contribution in [2.75, 3.05) is 12.4 Å². The molecule has 1 saturated carbocycles. The van der Waals surface area contributed by atoms with Crippen LogP contribution in [-0.2, 0) is 9.53 Å². The van der Waals surface area contributed by atoms with E-state index in [2.05, 4.69) is 22.5 Å². The summed E-state index contributed by atoms with van der Waals surface area (Å²) in [6.07, 6.45) is 7.80. The first-order valence-electron chi connectivity index (χ1n) is 10.0. The fraction of sp³-hybridized carbons (Fsp3) is 0.800. The van der Waals surface area contributed by atoms with E-state index in [9.17, 15) is 9.59 Å². The second kappa shape index (κ2) is 8.12. The van der Waals surface area contributed by atoms with E-state index in [0.29, 0.717) is 24.2 Å². The molecule has 0 aromatic carbocycles. The number of fused-ring (bicyclic) bond motifs is 2. The minimum absolute atomic E-state index is 0.0347. The molecule has 1 unspecified atom stereocenters. The van der Waals surface area contributed by atoms with Gasteiger partial charge in [-0.1, -0.05) is 6.42 Å². The van der Waals surface area contributed by atoms with E-state index in [1.165, 1.54) is 12.8 Å². The van der Waals surface area contributed by atoms with Crippen molar-refractivity contribution >= 4 is 23.8 Å². The zero-order chi connectivity index (χ0) is 17.9. The molecule has 4 aliphatic rings. The van der Waals surface area contributed by atoms with Crippen molar-refractivity contribution in [3.05, 3.63) is 0 Å². The number of nitrogens with one attached hydrogen (secondary N) is 2. The fourth-order valence-electron chi connectivity index (χ4n) is 4.80. The van der Waals surface area contributed by atoms with Gasteiger partial charge in [-0.05, 0) is 43.4 Å². The van der Waals surface area contributed by atoms with Gasteiger partial charge < -0.3 is 15.4 Å². The maximum atomic E-state index is 12.0. The van der Waals surface area contributed by atoms with E-state index in [0.717, 1.165) is 49.7 Å². The first-order valence-corrected chi connectivity index (χ1v) is 11.1. The Morgan fingerprint density at radius 3 is 2.69 bits per heavy atom. The topological polar surface area (TPSA) is 67.4 Å². The number of unbranched alkanes of at least 4 members (excludes halogenated alkanes) is 1. The molecule has 0 spiro atoms. The lowest BCUT2D eigenvalue weighted by molar-refractivity contribution is -0.144. The molecule has 2 heterocycles. The molecule has 5 nitrogen and oxygen atoms in total. The smallest absolute Gasteiger partial charge is 0.315 e. The summed E-state index contributed by atoms with van der Waals surface area (Å²) in [5.74, 6) is 9.42. The molecule has 6 atom stereocenters. The highest BCUT2D eigenvalue weighted by Crippen LogP contribution is 2.52. The third-order valence-corrected chi connectivity index (χ3v) is 7.84. The first kappa shape index (κ1) is 18.0. The molecule has 2 amide bonds. The lowest BCUT2D eigenvalue weighted by Gasteiger charge is -2.16. The van der Waals surface area contributed by atoms with Crippen LogP contribution in [0.3, 0.4) is 0 Å². The SMILES string of the molecule is O=C1N[C@H]2[C@H](CS[C@H]2CCCCC(=O)OCC2[C@H]3CCC#CCC[C@@H]23)N1. The second-order valence-corrected chi connectivity index (χ2v) is 9.25. The zero-order valence-corrected chi connectivity index (χ0v) is 16.0. The molecule has 26 heavy (non-hydrogen) atoms. The van der Waals surface area contributed by atoms with Crippen molar-refractivity contribution in [3.63, 3.8) is 0 Å². The Bertz CT molecular complexity index is 596. The van der Waals surface area contributed by atoms with Crippen LogP contribution in [0, 0.1) is 29.6 Å². The van der Waals surface area contributed by atoms with E-state index in [1.807, 2.05) is 11.8 Å². The maximum absolute atomic E-state index is 12.0. The minimum Gasteiger partial charge on any atom is -0.465 e. The molecular formula is C20H28N2O3S. The van der Waals surface area contributed by atoms with E-state index < -0.39 is 0 Å². The summed E-state index contributed by atoms with van der Waals surface area (Å²) >= 11 is 1.93. The largest absolute Gasteiger partial charge is 0.465 e. The number of rotatable bonds is 7. The highest BCUT2D eigenvalue weighted by molar-refractivity contribution is 8.00. The number of carbonyl (C=O) groups is 2. The van der Waals surface area contributed by atoms with Gasteiger partial charge >= 0.3 is 12.0 Å². The Morgan fingerprint density at radius 2 is 1.92 bits per heavy atom. The van der Waals surface area contributed by atoms with Crippen molar-refractivity contribution in [2.24, 2.45) is 17.8 Å². The van der Waals surface area contributed by atoms with Gasteiger partial charge in [-0.2, -0.15) is 11.8 Å². The molecule has 0 radical (unpaired) electrons. The van der Waals surface area contributed by atoms with Crippen LogP contribution in [-0.4, -0.2) is 41.7 Å². The Hall–Kier alpha value is -1.35. The summed E-state index contributed by atoms with van der Waals surface area (Å²) in [7, 11) is 0. The zero-order valence-electron chi connectivity index (χ0n) is 15.2. The van der Waals surface area contributed by atoms with E-state index in [4.69, 9.17) is 4.74 Å². The molecule has 0 bridgehead atoms. The van der Waals surface area contributed by atoms with Crippen LogP contribution in [0.5, 0.6) is 0 Å². The van der Waals surface area contributed by atoms with Crippen LogP contribution >= 0.6 is 11.8 Å². The summed E-state index contributed by atoms with van der Waals surface area (Å²) < 4.78 is 5.54. The van der Waals surface area contributed by atoms with Crippen LogP contribution in [0.25, 0.3) is 0 Å². The highest BCUT2D eigenvalue weighted by atomic mass is 32.2. The number of amides is 2. The Labute approximate surface area is 159 Å². The van der Waals surface area contributed by atoms with Crippen LogP contribution in [0.1, 0.15) is 51.4 Å². The van der Waals surface area contributed by atoms with Gasteiger partial charge in [0.25, 0.3) is 0 Å². The van der Waals surface area contributed by atoms with Gasteiger partial charge in [0.2, 0.25) is 0 Å². The number of urea groups is 1. The Kier molecular flexibility index (Phi) is 5.63. The molecule has 2 aliphatic heterocycles. The van der Waals surface area contributed by atoms with E-state index in [-0.39, 0.29) is 24.1 Å². The lowest BCUT2D eigenvalue weighted by Crippen LogP contribution is -2.36. The summed E-state index contributed by atoms with van der Waals surface area (Å²) in [4.78, 5) is 23.4. The number of esters is 1. The predicted octanol–water partition coefficient (Wildman–Crippen LogP) is 2.70. The summed E-state index contributed by atoms with van der Waals surface area (Å²) in [5, 5.41) is 6.45. The average molecular weight is 377 g/mol. The number of ether oxygens (including phenoxy) is 1. The van der Waals surface area contributed by atoms with Crippen molar-refractivity contribution in [3.8, 4) is 11.8 Å². The average Bonchev–Trinajstić information content (AvgIpc) is 2.89. The number of carbonyl (C=O) groups excluding carboxylic acids is 2. The van der Waals surface area contributed by atoms with Crippen LogP contribution in [0.2, 0.25) is 0 Å². The van der Waals surface area contributed by atoms with Gasteiger partial charge in [-0.15, -0.1) is 11.8 Å². The molecule has 0 aromatic heterocycles. The van der Waals surface area contributed by atoms with E-state index >= 15 is 0 Å². The van der Waals surface area contributed by atoms with Crippen LogP contribution < -0.4 is 10.6 Å². The fourth-order valence-corrected chi connectivity index (χ4v) is 6.35. The van der Waals surface area contributed by atoms with Crippen LogP contribution in [0.15, 0.2) is 0 Å². The standard InChI is InChI=1S/C20H28N2O3S/c23-18(25-11-15-13-7-3-1-2-4-8-14(13)15)10-6-5-9-17-19-16(12-26-17)21-20(24)22-19/h13-17,19H,3-12H2,(H2,21,22,24)/t13-,14+,15?,16-,17-,19-/m0/s1. The number of thioether (sulfide) groups is 1. The van der Waals surface area contributed by atoms with Gasteiger partial charge in [0, 0.05) is 30.3 Å². The monoisotopic (exact) mass is 376 g/mol. The maximum Gasteiger partial charge on any atom is 0.315 e. The summed E-state index contributed by atoms with van der Waals surface area (Å²) in [6.45, 7) is 0.605. The predicted molar refractivity (Wildman–Crippen MR) is 102 cm³/mol. The summed E-state index contributed by atoms with van der Waals surface area (Å²) in [6, 6.07) is 0.505. The molecule has 2 saturated heterocycles. The normalized spacial score (nSPS) is 37.2. The van der Waals surface area contributed by atoms with Crippen molar-refractivity contribution in [2.45, 2.75) is 68.7 Å². The van der Waals surface area contributed by atoms with Gasteiger partial charge in [0.05, 0.1) is 18.7 Å². The Balaban J connectivity index is 1.08. The van der Waals surface area contributed by atoms with Crippen molar-refractivity contribution in [1.29, 1.82) is 0 Å². The number of hydrogen-bond acceptors (Lipinski definition) is 4. The molecule has 2 aliphatic carbocycles. The molecule has 0 aromatic rings. The second-order valence-electron chi connectivity index (χ2n) is 7.97. The summed E-state index contributed by atoms with van der Waals surface area (Å²) in [5.41, 5.74) is 0. The molecule has 3 fully saturated rings. The third kappa shape index (κ3) is 4.14. The molecule has 4 rings (SSSR count). The van der Waals surface area contributed by atoms with Crippen LogP contribution in [0.4, 0.5) is 4.79 Å². The lowest BCUT2D eigenvalue weighted by atomic mass is 10.0. The quantitative estimate of drug-likeness (QED) is 0.310. The van der Waals surface area contributed by atoms with E-state index in [1.54, 1.807) is 0 Å². The molecular weight excluding hydrogens is 348 g/mol. The van der Waals surface area contributed by atoms with Gasteiger partial charge in [-0.3, -0.25) is 4.79 Å². The minimum atomic E-state index is -0.0479. The molecule has 142 valence electrons. The van der Waals surface area contributed by atoms with Gasteiger partial charge in [0.1, 0.15) is 0 Å². The van der Waals surface area contributed by atoms with Gasteiger partial charge in [0.15, 0.2) is 0 Å². The molecule has 6 heteroatoms.